The summed E-state index contributed by atoms with van der Waals surface area (Å²) < 4.78 is 8.24. The van der Waals surface area contributed by atoms with Gasteiger partial charge in [0.1, 0.15) is 4.34 Å². The van der Waals surface area contributed by atoms with Crippen LogP contribution in [-0.2, 0) is 17.5 Å². The number of aryl methyl sites for hydroxylation is 2. The summed E-state index contributed by atoms with van der Waals surface area (Å²) in [6.45, 7) is 5.51. The summed E-state index contributed by atoms with van der Waals surface area (Å²) in [5.41, 5.74) is 4.79. The Bertz CT molecular complexity index is 1020. The van der Waals surface area contributed by atoms with E-state index in [1.165, 1.54) is 0 Å². The van der Waals surface area contributed by atoms with Gasteiger partial charge in [0.2, 0.25) is 5.78 Å². The van der Waals surface area contributed by atoms with Crippen molar-refractivity contribution in [3.8, 4) is 0 Å². The molecule has 2 aromatic heterocycles. The normalized spacial score (nSPS) is 10.9. The van der Waals surface area contributed by atoms with E-state index in [9.17, 15) is 9.59 Å². The Balaban J connectivity index is 1.65. The van der Waals surface area contributed by atoms with E-state index in [2.05, 4.69) is 4.98 Å². The first-order valence-corrected chi connectivity index (χ1v) is 10.7. The number of nitrogens with zero attached hydrogens (tertiary/aromatic N) is 2. The summed E-state index contributed by atoms with van der Waals surface area (Å²) >= 11 is 3.17. The molecule has 28 heavy (non-hydrogen) atoms. The number of Topliss-reactive ketones (excluding diaryl/α,β-unsaturated/α-hetero) is 1. The molecule has 0 N–H and O–H groups in total. The summed E-state index contributed by atoms with van der Waals surface area (Å²) in [4.78, 5) is 29.5. The molecular formula is C21H22N2O3S2. The van der Waals surface area contributed by atoms with Crippen molar-refractivity contribution < 1.29 is 14.3 Å². The number of esters is 1. The second-order valence-corrected chi connectivity index (χ2v) is 8.62. The van der Waals surface area contributed by atoms with Gasteiger partial charge in [0.25, 0.3) is 0 Å². The third-order valence-electron chi connectivity index (χ3n) is 4.60. The monoisotopic (exact) mass is 414 g/mol. The van der Waals surface area contributed by atoms with Crippen molar-refractivity contribution in [2.45, 2.75) is 30.9 Å². The molecule has 0 saturated heterocycles. The zero-order valence-corrected chi connectivity index (χ0v) is 17.9. The molecule has 0 atom stereocenters. The summed E-state index contributed by atoms with van der Waals surface area (Å²) in [6.07, 6.45) is 0. The second kappa shape index (κ2) is 8.75. The Morgan fingerprint density at radius 1 is 1.18 bits per heavy atom. The van der Waals surface area contributed by atoms with Crippen LogP contribution in [-0.4, -0.2) is 27.9 Å². The van der Waals surface area contributed by atoms with Crippen LogP contribution < -0.4 is 0 Å². The fraction of sp³-hybridized carbons (Fsp3) is 0.286. The minimum atomic E-state index is -0.481. The van der Waals surface area contributed by atoms with Crippen LogP contribution in [0.4, 0.5) is 0 Å². The molecular weight excluding hydrogens is 392 g/mol. The molecule has 0 radical (unpaired) electrons. The quantitative estimate of drug-likeness (QED) is 0.317. The predicted molar refractivity (Wildman–Crippen MR) is 112 cm³/mol. The van der Waals surface area contributed by atoms with Gasteiger partial charge in [0, 0.05) is 40.8 Å². The minimum Gasteiger partial charge on any atom is -0.454 e. The summed E-state index contributed by atoms with van der Waals surface area (Å²) in [7, 11) is 1.91. The Morgan fingerprint density at radius 3 is 2.57 bits per heavy atom. The molecule has 0 aliphatic heterocycles. The molecule has 0 aliphatic carbocycles. The maximum atomic E-state index is 12.6. The third-order valence-corrected chi connectivity index (χ3v) is 6.78. The van der Waals surface area contributed by atoms with E-state index in [1.54, 1.807) is 35.2 Å². The number of carbonyl (C=O) groups is 2. The molecule has 0 amide bonds. The molecule has 2 heterocycles. The van der Waals surface area contributed by atoms with E-state index in [4.69, 9.17) is 4.74 Å². The molecule has 7 heteroatoms. The van der Waals surface area contributed by atoms with Crippen LogP contribution in [0.3, 0.4) is 0 Å². The number of benzene rings is 1. The molecule has 3 aromatic rings. The van der Waals surface area contributed by atoms with Gasteiger partial charge in [-0.3, -0.25) is 4.79 Å². The van der Waals surface area contributed by atoms with Crippen molar-refractivity contribution in [3.63, 3.8) is 0 Å². The minimum absolute atomic E-state index is 0.195. The molecule has 5 nitrogen and oxygen atoms in total. The number of aromatic nitrogens is 2. The number of carbonyl (C=O) groups excluding carboxylic acids is 2. The Hall–Kier alpha value is -2.38. The highest BCUT2D eigenvalue weighted by molar-refractivity contribution is 8.00. The molecule has 0 aliphatic rings. The van der Waals surface area contributed by atoms with Gasteiger partial charge in [-0.1, -0.05) is 30.0 Å². The van der Waals surface area contributed by atoms with E-state index < -0.39 is 5.97 Å². The number of thioether (sulfide) groups is 1. The standard InChI is InChI=1S/C21H22N2O3S2/c1-13-11-27-21(22-13)28-12-16-7-5-6-8-17(16)20(25)26-10-19(24)18-9-14(2)23(4)15(18)3/h5-9,11H,10,12H2,1-4H3. The lowest BCUT2D eigenvalue weighted by Crippen LogP contribution is -2.16. The van der Waals surface area contributed by atoms with Crippen molar-refractivity contribution in [1.82, 2.24) is 9.55 Å². The van der Waals surface area contributed by atoms with Crippen LogP contribution in [0.15, 0.2) is 40.1 Å². The van der Waals surface area contributed by atoms with Gasteiger partial charge in [-0.05, 0) is 38.5 Å². The predicted octanol–water partition coefficient (Wildman–Crippen LogP) is 4.74. The zero-order chi connectivity index (χ0) is 20.3. The maximum absolute atomic E-state index is 12.6. The average Bonchev–Trinajstić information content (AvgIpc) is 3.22. The highest BCUT2D eigenvalue weighted by atomic mass is 32.2. The van der Waals surface area contributed by atoms with Crippen LogP contribution in [0.25, 0.3) is 0 Å². The molecule has 146 valence electrons. The van der Waals surface area contributed by atoms with Crippen molar-refractivity contribution in [2.75, 3.05) is 6.61 Å². The van der Waals surface area contributed by atoms with E-state index in [-0.39, 0.29) is 12.4 Å². The first-order chi connectivity index (χ1) is 13.4. The molecule has 3 rings (SSSR count). The summed E-state index contributed by atoms with van der Waals surface area (Å²) in [5, 5.41) is 2.00. The first kappa shape index (κ1) is 20.4. The van der Waals surface area contributed by atoms with Gasteiger partial charge in [-0.25, -0.2) is 9.78 Å². The van der Waals surface area contributed by atoms with Crippen LogP contribution in [0.2, 0.25) is 0 Å². The van der Waals surface area contributed by atoms with Gasteiger partial charge in [-0.2, -0.15) is 0 Å². The fourth-order valence-corrected chi connectivity index (χ4v) is 4.66. The highest BCUT2D eigenvalue weighted by Gasteiger charge is 2.18. The van der Waals surface area contributed by atoms with E-state index in [0.29, 0.717) is 16.9 Å². The largest absolute Gasteiger partial charge is 0.454 e. The molecule has 0 bridgehead atoms. The Labute approximate surface area is 172 Å². The lowest BCUT2D eigenvalue weighted by atomic mass is 10.1. The number of ether oxygens (including phenoxy) is 1. The molecule has 0 spiro atoms. The van der Waals surface area contributed by atoms with Gasteiger partial charge in [-0.15, -0.1) is 11.3 Å². The number of ketones is 1. The van der Waals surface area contributed by atoms with E-state index in [1.807, 2.05) is 56.0 Å². The Kier molecular flexibility index (Phi) is 6.36. The first-order valence-electron chi connectivity index (χ1n) is 8.83. The van der Waals surface area contributed by atoms with Gasteiger partial charge in [0.05, 0.1) is 5.56 Å². The molecule has 0 fully saturated rings. The van der Waals surface area contributed by atoms with Gasteiger partial charge in [0.15, 0.2) is 6.61 Å². The smallest absolute Gasteiger partial charge is 0.338 e. The van der Waals surface area contributed by atoms with Crippen LogP contribution in [0.5, 0.6) is 0 Å². The van der Waals surface area contributed by atoms with Crippen molar-refractivity contribution in [3.05, 3.63) is 69.5 Å². The van der Waals surface area contributed by atoms with Crippen LogP contribution in [0.1, 0.15) is 43.4 Å². The van der Waals surface area contributed by atoms with Crippen LogP contribution in [0, 0.1) is 20.8 Å². The SMILES string of the molecule is Cc1csc(SCc2ccccc2C(=O)OCC(=O)c2cc(C)n(C)c2C)n1. The van der Waals surface area contributed by atoms with Crippen LogP contribution >= 0.6 is 23.1 Å². The summed E-state index contributed by atoms with van der Waals surface area (Å²) in [5.74, 6) is -0.0618. The zero-order valence-electron chi connectivity index (χ0n) is 16.3. The Morgan fingerprint density at radius 2 is 1.93 bits per heavy atom. The van der Waals surface area contributed by atoms with Crippen molar-refractivity contribution in [2.24, 2.45) is 7.05 Å². The number of thiazole rings is 1. The molecule has 1 aromatic carbocycles. The van der Waals surface area contributed by atoms with E-state index in [0.717, 1.165) is 27.0 Å². The van der Waals surface area contributed by atoms with Crippen molar-refractivity contribution >= 4 is 34.9 Å². The average molecular weight is 415 g/mol. The fourth-order valence-electron chi connectivity index (χ4n) is 2.81. The lowest BCUT2D eigenvalue weighted by Gasteiger charge is -2.09. The number of hydrogen-bond acceptors (Lipinski definition) is 6. The second-order valence-electron chi connectivity index (χ2n) is 6.54. The lowest BCUT2D eigenvalue weighted by molar-refractivity contribution is 0.0473. The summed E-state index contributed by atoms with van der Waals surface area (Å²) in [6, 6.07) is 9.14. The third kappa shape index (κ3) is 4.54. The van der Waals surface area contributed by atoms with Gasteiger partial charge >= 0.3 is 5.97 Å². The van der Waals surface area contributed by atoms with Crippen molar-refractivity contribution in [1.29, 1.82) is 0 Å². The van der Waals surface area contributed by atoms with Gasteiger partial charge < -0.3 is 9.30 Å². The highest BCUT2D eigenvalue weighted by Crippen LogP contribution is 2.27. The maximum Gasteiger partial charge on any atom is 0.338 e. The molecule has 0 saturated carbocycles. The topological polar surface area (TPSA) is 61.2 Å². The molecule has 0 unspecified atom stereocenters. The van der Waals surface area contributed by atoms with E-state index >= 15 is 0 Å². The number of hydrogen-bond donors (Lipinski definition) is 0. The number of rotatable bonds is 7.